The van der Waals surface area contributed by atoms with Crippen molar-refractivity contribution in [2.45, 2.75) is 30.6 Å². The molecule has 1 aliphatic heterocycles. The first kappa shape index (κ1) is 18.1. The third kappa shape index (κ3) is 3.73. The number of aryl methyl sites for hydroxylation is 1. The summed E-state index contributed by atoms with van der Waals surface area (Å²) in [7, 11) is -1.70. The topological polar surface area (TPSA) is 62.4 Å². The number of nitrogens with zero attached hydrogens (tertiary/aromatic N) is 1. The molecule has 4 rings (SSSR count). The van der Waals surface area contributed by atoms with Gasteiger partial charge in [0.2, 0.25) is 0 Å². The van der Waals surface area contributed by atoms with E-state index in [0.717, 1.165) is 42.4 Å². The van der Waals surface area contributed by atoms with Gasteiger partial charge in [0, 0.05) is 17.1 Å². The Bertz CT molecular complexity index is 1050. The third-order valence-corrected chi connectivity index (χ3v) is 6.62. The fraction of sp³-hybridized carbons (Fsp3) is 0.333. The number of fused-ring (bicyclic) bond motifs is 1. The molecule has 1 saturated heterocycles. The lowest BCUT2D eigenvalue weighted by Crippen LogP contribution is -2.29. The van der Waals surface area contributed by atoms with Crippen molar-refractivity contribution in [1.82, 2.24) is 9.88 Å². The van der Waals surface area contributed by atoms with Gasteiger partial charge in [-0.05, 0) is 81.7 Å². The van der Waals surface area contributed by atoms with E-state index in [9.17, 15) is 8.42 Å². The second-order valence-electron chi connectivity index (χ2n) is 7.38. The molecule has 0 amide bonds. The molecule has 142 valence electrons. The van der Waals surface area contributed by atoms with E-state index in [1.807, 2.05) is 19.1 Å². The van der Waals surface area contributed by atoms with E-state index in [2.05, 4.69) is 23.1 Å². The summed E-state index contributed by atoms with van der Waals surface area (Å²) in [5.74, 6) is 0.829. The van der Waals surface area contributed by atoms with Gasteiger partial charge in [0.25, 0.3) is 0 Å². The summed E-state index contributed by atoms with van der Waals surface area (Å²) in [5, 5.41) is 1.04. The van der Waals surface area contributed by atoms with Gasteiger partial charge in [-0.15, -0.1) is 0 Å². The molecule has 1 fully saturated rings. The van der Waals surface area contributed by atoms with Gasteiger partial charge < -0.3 is 14.1 Å². The number of aromatic amines is 1. The van der Waals surface area contributed by atoms with Crippen LogP contribution in [0.1, 0.15) is 29.9 Å². The van der Waals surface area contributed by atoms with E-state index >= 15 is 0 Å². The Morgan fingerprint density at radius 2 is 1.78 bits per heavy atom. The first-order valence-corrected chi connectivity index (χ1v) is 10.6. The van der Waals surface area contributed by atoms with Crippen molar-refractivity contribution < 1.29 is 12.6 Å². The molecule has 27 heavy (non-hydrogen) atoms. The highest BCUT2D eigenvalue weighted by atomic mass is 32.2. The van der Waals surface area contributed by atoms with Crippen LogP contribution in [0.2, 0.25) is 0 Å². The van der Waals surface area contributed by atoms with Crippen LogP contribution in [0, 0.1) is 6.92 Å². The Hall–Kier alpha value is -2.31. The maximum Gasteiger partial charge on any atom is 0.339 e. The van der Waals surface area contributed by atoms with Gasteiger partial charge in [-0.3, -0.25) is 0 Å². The minimum atomic E-state index is -3.84. The molecule has 0 radical (unpaired) electrons. The molecule has 0 unspecified atom stereocenters. The quantitative estimate of drug-likeness (QED) is 0.689. The molecule has 1 N–H and O–H groups in total. The number of benzene rings is 2. The zero-order chi connectivity index (χ0) is 19.0. The summed E-state index contributed by atoms with van der Waals surface area (Å²) in [6.45, 7) is 4.08. The number of aromatic nitrogens is 1. The predicted molar refractivity (Wildman–Crippen MR) is 107 cm³/mol. The molecule has 1 aromatic heterocycles. The Kier molecular flexibility index (Phi) is 4.70. The maximum atomic E-state index is 12.6. The molecule has 6 heteroatoms. The predicted octanol–water partition coefficient (Wildman–Crippen LogP) is 4.05. The summed E-state index contributed by atoms with van der Waals surface area (Å²) in [4.78, 5) is 5.81. The minimum Gasteiger partial charge on any atom is -0.379 e. The van der Waals surface area contributed by atoms with Crippen molar-refractivity contribution >= 4 is 21.0 Å². The number of piperidine rings is 1. The Morgan fingerprint density at radius 3 is 2.48 bits per heavy atom. The van der Waals surface area contributed by atoms with E-state index in [0.29, 0.717) is 11.7 Å². The van der Waals surface area contributed by atoms with Crippen LogP contribution >= 0.6 is 0 Å². The van der Waals surface area contributed by atoms with Gasteiger partial charge in [-0.2, -0.15) is 8.42 Å². The average Bonchev–Trinajstić information content (AvgIpc) is 3.06. The highest BCUT2D eigenvalue weighted by molar-refractivity contribution is 7.87. The second-order valence-corrected chi connectivity index (χ2v) is 8.93. The van der Waals surface area contributed by atoms with Crippen LogP contribution in [0.5, 0.6) is 5.75 Å². The Balaban J connectivity index is 1.63. The van der Waals surface area contributed by atoms with E-state index in [1.54, 1.807) is 30.3 Å². The third-order valence-electron chi connectivity index (χ3n) is 5.36. The molecule has 2 heterocycles. The van der Waals surface area contributed by atoms with Gasteiger partial charge >= 0.3 is 10.1 Å². The molecule has 2 aromatic carbocycles. The molecule has 0 saturated carbocycles. The molecule has 1 aliphatic rings. The minimum absolute atomic E-state index is 0.165. The smallest absolute Gasteiger partial charge is 0.339 e. The first-order chi connectivity index (χ1) is 12.9. The Morgan fingerprint density at radius 1 is 1.07 bits per heavy atom. The van der Waals surface area contributed by atoms with Crippen LogP contribution in [0.15, 0.2) is 53.6 Å². The monoisotopic (exact) mass is 384 g/mol. The summed E-state index contributed by atoms with van der Waals surface area (Å²) in [6.07, 6.45) is 4.27. The molecule has 3 aromatic rings. The van der Waals surface area contributed by atoms with Gasteiger partial charge in [0.05, 0.1) is 0 Å². The maximum absolute atomic E-state index is 12.6. The second kappa shape index (κ2) is 7.02. The van der Waals surface area contributed by atoms with Crippen LogP contribution in [0.4, 0.5) is 0 Å². The van der Waals surface area contributed by atoms with E-state index in [-0.39, 0.29) is 4.90 Å². The van der Waals surface area contributed by atoms with Gasteiger partial charge in [0.1, 0.15) is 10.6 Å². The average molecular weight is 385 g/mol. The van der Waals surface area contributed by atoms with Crippen LogP contribution in [-0.2, 0) is 10.1 Å². The van der Waals surface area contributed by atoms with Gasteiger partial charge in [-0.1, -0.05) is 17.7 Å². The fourth-order valence-electron chi connectivity index (χ4n) is 3.71. The number of hydrogen-bond acceptors (Lipinski definition) is 4. The number of rotatable bonds is 4. The van der Waals surface area contributed by atoms with Crippen molar-refractivity contribution in [3.63, 3.8) is 0 Å². The SMILES string of the molecule is Cc1ccc(S(=O)(=O)Oc2ccc3[nH]cc(C4CCN(C)CC4)c3c2)cc1. The normalized spacial score (nSPS) is 16.7. The van der Waals surface area contributed by atoms with Gasteiger partial charge in [-0.25, -0.2) is 0 Å². The molecule has 0 atom stereocenters. The summed E-state index contributed by atoms with van der Waals surface area (Å²) < 4.78 is 30.6. The number of likely N-dealkylation sites (tertiary alicyclic amines) is 1. The van der Waals surface area contributed by atoms with Crippen LogP contribution < -0.4 is 4.18 Å². The standard InChI is InChI=1S/C21H24N2O3S/c1-15-3-6-18(7-4-15)27(24,25)26-17-5-8-21-19(13-17)20(14-22-21)16-9-11-23(2)12-10-16/h3-8,13-14,16,22H,9-12H2,1-2H3. The van der Waals surface area contributed by atoms with Crippen molar-refractivity contribution in [3.05, 3.63) is 59.8 Å². The molecular weight excluding hydrogens is 360 g/mol. The molecule has 0 bridgehead atoms. The number of hydrogen-bond donors (Lipinski definition) is 1. The lowest BCUT2D eigenvalue weighted by atomic mass is 9.89. The lowest BCUT2D eigenvalue weighted by molar-refractivity contribution is 0.256. The highest BCUT2D eigenvalue weighted by Crippen LogP contribution is 2.35. The van der Waals surface area contributed by atoms with Crippen LogP contribution in [0.25, 0.3) is 10.9 Å². The first-order valence-electron chi connectivity index (χ1n) is 9.23. The molecular formula is C21H24N2O3S. The highest BCUT2D eigenvalue weighted by Gasteiger charge is 2.22. The summed E-state index contributed by atoms with van der Waals surface area (Å²) >= 11 is 0. The van der Waals surface area contributed by atoms with Crippen molar-refractivity contribution in [3.8, 4) is 5.75 Å². The van der Waals surface area contributed by atoms with Crippen LogP contribution in [0.3, 0.4) is 0 Å². The van der Waals surface area contributed by atoms with Crippen molar-refractivity contribution in [2.75, 3.05) is 20.1 Å². The lowest BCUT2D eigenvalue weighted by Gasteiger charge is -2.28. The summed E-state index contributed by atoms with van der Waals surface area (Å²) in [5.41, 5.74) is 3.26. The molecule has 5 nitrogen and oxygen atoms in total. The van der Waals surface area contributed by atoms with E-state index in [1.165, 1.54) is 5.56 Å². The van der Waals surface area contributed by atoms with Crippen LogP contribution in [-0.4, -0.2) is 38.4 Å². The number of nitrogens with one attached hydrogen (secondary N) is 1. The van der Waals surface area contributed by atoms with E-state index < -0.39 is 10.1 Å². The fourth-order valence-corrected chi connectivity index (χ4v) is 4.63. The molecule has 0 spiro atoms. The summed E-state index contributed by atoms with van der Waals surface area (Å²) in [6, 6.07) is 12.1. The van der Waals surface area contributed by atoms with Crippen molar-refractivity contribution in [1.29, 1.82) is 0 Å². The number of H-pyrrole nitrogens is 1. The molecule has 0 aliphatic carbocycles. The zero-order valence-corrected chi connectivity index (χ0v) is 16.4. The largest absolute Gasteiger partial charge is 0.379 e. The van der Waals surface area contributed by atoms with Gasteiger partial charge in [0.15, 0.2) is 0 Å². The Labute approximate surface area is 160 Å². The zero-order valence-electron chi connectivity index (χ0n) is 15.6. The van der Waals surface area contributed by atoms with E-state index in [4.69, 9.17) is 4.18 Å². The van der Waals surface area contributed by atoms with Crippen molar-refractivity contribution in [2.24, 2.45) is 0 Å².